The van der Waals surface area contributed by atoms with Gasteiger partial charge in [0.05, 0.1) is 21.6 Å². The number of benzene rings is 3. The molecule has 0 spiro atoms. The van der Waals surface area contributed by atoms with Crippen molar-refractivity contribution in [1.29, 1.82) is 0 Å². The average Bonchev–Trinajstić information content (AvgIpc) is 2.75. The van der Waals surface area contributed by atoms with Crippen molar-refractivity contribution in [3.05, 3.63) is 114 Å². The van der Waals surface area contributed by atoms with Crippen molar-refractivity contribution in [3.8, 4) is 0 Å². The summed E-state index contributed by atoms with van der Waals surface area (Å²) in [7, 11) is 0. The summed E-state index contributed by atoms with van der Waals surface area (Å²) in [5, 5.41) is 26.5. The standard InChI is InChI=1S/C21H14BrFN4O4/c22-16-8-5-15(6-9-16)19(11-7-14-3-1-2-4-18(14)23)24-25-20-12-10-17(26(28)29)13-21(20)27(30)31/h1-13,25H. The van der Waals surface area contributed by atoms with Crippen molar-refractivity contribution < 1.29 is 14.2 Å². The van der Waals surface area contributed by atoms with Gasteiger partial charge in [0.25, 0.3) is 5.69 Å². The molecular formula is C21H14BrFN4O4. The quantitative estimate of drug-likeness (QED) is 0.253. The van der Waals surface area contributed by atoms with Gasteiger partial charge < -0.3 is 0 Å². The molecule has 0 aliphatic rings. The number of nitro groups is 2. The first-order valence-corrected chi connectivity index (χ1v) is 9.59. The summed E-state index contributed by atoms with van der Waals surface area (Å²) in [5.74, 6) is -0.409. The number of allylic oxidation sites excluding steroid dienone is 1. The van der Waals surface area contributed by atoms with Crippen LogP contribution in [0.5, 0.6) is 0 Å². The first-order valence-electron chi connectivity index (χ1n) is 8.80. The van der Waals surface area contributed by atoms with E-state index in [1.807, 2.05) is 0 Å². The number of nitrogens with one attached hydrogen (secondary N) is 1. The molecule has 10 heteroatoms. The number of hydrogen-bond donors (Lipinski definition) is 1. The molecule has 0 unspecified atom stereocenters. The number of hydrogen-bond acceptors (Lipinski definition) is 6. The molecule has 0 bridgehead atoms. The molecule has 0 aliphatic carbocycles. The van der Waals surface area contributed by atoms with Gasteiger partial charge in [-0.25, -0.2) is 4.39 Å². The number of halogens is 2. The first-order chi connectivity index (χ1) is 14.8. The lowest BCUT2D eigenvalue weighted by molar-refractivity contribution is -0.393. The second kappa shape index (κ2) is 9.72. The molecule has 1 N–H and O–H groups in total. The Kier molecular flexibility index (Phi) is 6.83. The SMILES string of the molecule is O=[N+]([O-])c1ccc(NN=C(C=Cc2ccccc2F)c2ccc(Br)cc2)c([N+](=O)[O-])c1. The van der Waals surface area contributed by atoms with Crippen LogP contribution in [-0.4, -0.2) is 15.6 Å². The Balaban J connectivity index is 2.00. The van der Waals surface area contributed by atoms with Crippen LogP contribution in [0.2, 0.25) is 0 Å². The van der Waals surface area contributed by atoms with E-state index in [9.17, 15) is 24.6 Å². The summed E-state index contributed by atoms with van der Waals surface area (Å²) in [5.41, 5.74) is 3.03. The second-order valence-electron chi connectivity index (χ2n) is 6.19. The largest absolute Gasteiger partial charge is 0.301 e. The van der Waals surface area contributed by atoms with Gasteiger partial charge in [0, 0.05) is 21.7 Å². The minimum absolute atomic E-state index is 0.0236. The maximum atomic E-state index is 13.9. The molecule has 0 saturated heterocycles. The number of nitrogens with zero attached hydrogens (tertiary/aromatic N) is 3. The maximum Gasteiger partial charge on any atom is 0.301 e. The minimum Gasteiger partial charge on any atom is -0.271 e. The van der Waals surface area contributed by atoms with E-state index in [0.717, 1.165) is 16.6 Å². The van der Waals surface area contributed by atoms with Crippen molar-refractivity contribution >= 4 is 44.8 Å². The molecule has 0 fully saturated rings. The van der Waals surface area contributed by atoms with Crippen LogP contribution in [0.3, 0.4) is 0 Å². The molecule has 0 atom stereocenters. The highest BCUT2D eigenvalue weighted by atomic mass is 79.9. The fourth-order valence-corrected chi connectivity index (χ4v) is 2.86. The summed E-state index contributed by atoms with van der Waals surface area (Å²) >= 11 is 3.35. The van der Waals surface area contributed by atoms with Gasteiger partial charge in [-0.05, 0) is 36.4 Å². The van der Waals surface area contributed by atoms with Crippen molar-refractivity contribution in [2.75, 3.05) is 5.43 Å². The zero-order valence-electron chi connectivity index (χ0n) is 15.7. The molecule has 156 valence electrons. The third-order valence-electron chi connectivity index (χ3n) is 4.15. The van der Waals surface area contributed by atoms with Crippen LogP contribution in [0.1, 0.15) is 11.1 Å². The number of hydrazone groups is 1. The Bertz CT molecular complexity index is 1200. The van der Waals surface area contributed by atoms with Gasteiger partial charge in [-0.1, -0.05) is 46.3 Å². The molecule has 0 amide bonds. The van der Waals surface area contributed by atoms with Gasteiger partial charge in [-0.15, -0.1) is 0 Å². The van der Waals surface area contributed by atoms with Crippen LogP contribution >= 0.6 is 15.9 Å². The smallest absolute Gasteiger partial charge is 0.271 e. The van der Waals surface area contributed by atoms with Crippen molar-refractivity contribution in [2.45, 2.75) is 0 Å². The minimum atomic E-state index is -0.737. The maximum absolute atomic E-state index is 13.9. The van der Waals surface area contributed by atoms with Crippen LogP contribution in [0, 0.1) is 26.0 Å². The Labute approximate surface area is 184 Å². The first kappa shape index (κ1) is 21.8. The molecule has 0 radical (unpaired) electrons. The highest BCUT2D eigenvalue weighted by molar-refractivity contribution is 9.10. The Morgan fingerprint density at radius 2 is 1.71 bits per heavy atom. The molecule has 3 aromatic carbocycles. The van der Waals surface area contributed by atoms with Crippen LogP contribution in [-0.2, 0) is 0 Å². The molecular weight excluding hydrogens is 471 g/mol. The van der Waals surface area contributed by atoms with Crippen LogP contribution in [0.15, 0.2) is 82.4 Å². The highest BCUT2D eigenvalue weighted by Crippen LogP contribution is 2.29. The van der Waals surface area contributed by atoms with Gasteiger partial charge in [0.1, 0.15) is 11.5 Å². The number of non-ortho nitro benzene ring substituents is 1. The van der Waals surface area contributed by atoms with E-state index in [4.69, 9.17) is 0 Å². The van der Waals surface area contributed by atoms with Gasteiger partial charge in [-0.3, -0.25) is 25.7 Å². The predicted octanol–water partition coefficient (Wildman–Crippen LogP) is 5.93. The van der Waals surface area contributed by atoms with E-state index in [1.165, 1.54) is 18.2 Å². The third kappa shape index (κ3) is 5.58. The highest BCUT2D eigenvalue weighted by Gasteiger charge is 2.19. The van der Waals surface area contributed by atoms with Crippen LogP contribution < -0.4 is 5.43 Å². The third-order valence-corrected chi connectivity index (χ3v) is 4.68. The normalized spacial score (nSPS) is 11.5. The molecule has 3 rings (SSSR count). The number of anilines is 1. The lowest BCUT2D eigenvalue weighted by Crippen LogP contribution is -2.03. The fraction of sp³-hybridized carbons (Fsp3) is 0. The summed E-state index contributed by atoms with van der Waals surface area (Å²) in [6.45, 7) is 0. The van der Waals surface area contributed by atoms with Gasteiger partial charge >= 0.3 is 5.69 Å². The molecule has 0 saturated carbocycles. The summed E-state index contributed by atoms with van der Waals surface area (Å²) in [6, 6.07) is 16.5. The Morgan fingerprint density at radius 3 is 2.35 bits per heavy atom. The van der Waals surface area contributed by atoms with Gasteiger partial charge in [0.2, 0.25) is 0 Å². The summed E-state index contributed by atoms with van der Waals surface area (Å²) in [4.78, 5) is 20.8. The molecule has 3 aromatic rings. The zero-order chi connectivity index (χ0) is 22.4. The van der Waals surface area contributed by atoms with E-state index in [0.29, 0.717) is 16.8 Å². The summed E-state index contributed by atoms with van der Waals surface area (Å²) in [6.07, 6.45) is 3.09. The van der Waals surface area contributed by atoms with Crippen LogP contribution in [0.4, 0.5) is 21.5 Å². The molecule has 8 nitrogen and oxygen atoms in total. The van der Waals surface area contributed by atoms with Crippen molar-refractivity contribution in [1.82, 2.24) is 0 Å². The average molecular weight is 485 g/mol. The Morgan fingerprint density at radius 1 is 1.00 bits per heavy atom. The molecule has 31 heavy (non-hydrogen) atoms. The molecule has 0 heterocycles. The lowest BCUT2D eigenvalue weighted by atomic mass is 10.1. The number of rotatable bonds is 7. The Hall–Kier alpha value is -3.92. The fourth-order valence-electron chi connectivity index (χ4n) is 2.60. The summed E-state index contributed by atoms with van der Waals surface area (Å²) < 4.78 is 14.8. The monoisotopic (exact) mass is 484 g/mol. The zero-order valence-corrected chi connectivity index (χ0v) is 17.3. The topological polar surface area (TPSA) is 111 Å². The van der Waals surface area contributed by atoms with E-state index in [2.05, 4.69) is 26.5 Å². The van der Waals surface area contributed by atoms with Crippen molar-refractivity contribution in [2.24, 2.45) is 5.10 Å². The van der Waals surface area contributed by atoms with E-state index >= 15 is 0 Å². The van der Waals surface area contributed by atoms with Gasteiger partial charge in [0.15, 0.2) is 0 Å². The lowest BCUT2D eigenvalue weighted by Gasteiger charge is -2.06. The predicted molar refractivity (Wildman–Crippen MR) is 119 cm³/mol. The van der Waals surface area contributed by atoms with E-state index in [-0.39, 0.29) is 5.69 Å². The van der Waals surface area contributed by atoms with Crippen LogP contribution in [0.25, 0.3) is 6.08 Å². The molecule has 0 aromatic heterocycles. The van der Waals surface area contributed by atoms with E-state index in [1.54, 1.807) is 48.5 Å². The van der Waals surface area contributed by atoms with Gasteiger partial charge in [-0.2, -0.15) is 5.10 Å². The number of nitro benzene ring substituents is 2. The second-order valence-corrected chi connectivity index (χ2v) is 7.10. The van der Waals surface area contributed by atoms with E-state index < -0.39 is 27.0 Å². The molecule has 0 aliphatic heterocycles. The van der Waals surface area contributed by atoms with Crippen molar-refractivity contribution in [3.63, 3.8) is 0 Å².